The van der Waals surface area contributed by atoms with Crippen molar-refractivity contribution in [3.05, 3.63) is 35.4 Å². The molecule has 0 bridgehead atoms. The zero-order valence-electron chi connectivity index (χ0n) is 16.3. The molecule has 0 aromatic heterocycles. The molecular weight excluding hydrogens is 342 g/mol. The number of hydrogen-bond acceptors (Lipinski definition) is 3. The van der Waals surface area contributed by atoms with Crippen LogP contribution < -0.4 is 0 Å². The van der Waals surface area contributed by atoms with Crippen LogP contribution in [0.5, 0.6) is 0 Å². The van der Waals surface area contributed by atoms with Crippen molar-refractivity contribution in [2.45, 2.75) is 85.2 Å². The predicted molar refractivity (Wildman–Crippen MR) is 98.5 cm³/mol. The van der Waals surface area contributed by atoms with E-state index >= 15 is 0 Å². The second kappa shape index (κ2) is 10.4. The van der Waals surface area contributed by atoms with Crippen molar-refractivity contribution in [3.8, 4) is 0 Å². The fraction of sp³-hybridized carbons (Fsp3) is 0.684. The van der Waals surface area contributed by atoms with Crippen molar-refractivity contribution < 1.29 is 22.1 Å². The average Bonchev–Trinajstić information content (AvgIpc) is 2.45. The second-order valence-electron chi connectivity index (χ2n) is 7.14. The highest BCUT2D eigenvalue weighted by Crippen LogP contribution is 2.25. The fourth-order valence-corrected chi connectivity index (χ4v) is 6.06. The van der Waals surface area contributed by atoms with E-state index in [9.17, 15) is 8.78 Å². The van der Waals surface area contributed by atoms with E-state index in [2.05, 4.69) is 0 Å². The summed E-state index contributed by atoms with van der Waals surface area (Å²) in [7, 11) is -2.78. The Kier molecular flexibility index (Phi) is 9.20. The molecule has 6 heteroatoms. The third kappa shape index (κ3) is 8.40. The van der Waals surface area contributed by atoms with Gasteiger partial charge < -0.3 is 13.3 Å². The minimum absolute atomic E-state index is 0.0235. The molecule has 1 rings (SSSR count). The van der Waals surface area contributed by atoms with Gasteiger partial charge in [0.25, 0.3) is 0 Å². The quantitative estimate of drug-likeness (QED) is 0.378. The van der Waals surface area contributed by atoms with Gasteiger partial charge in [-0.1, -0.05) is 6.07 Å². The molecule has 0 heterocycles. The molecule has 0 spiro atoms. The number of aryl methyl sites for hydroxylation is 1. The maximum atomic E-state index is 13.3. The van der Waals surface area contributed by atoms with Crippen LogP contribution in [0.15, 0.2) is 18.2 Å². The first-order chi connectivity index (χ1) is 11.6. The van der Waals surface area contributed by atoms with Gasteiger partial charge in [-0.15, -0.1) is 0 Å². The molecule has 0 saturated carbocycles. The zero-order valence-corrected chi connectivity index (χ0v) is 17.3. The highest BCUT2D eigenvalue weighted by Gasteiger charge is 2.43. The van der Waals surface area contributed by atoms with Crippen LogP contribution in [-0.4, -0.2) is 27.1 Å². The summed E-state index contributed by atoms with van der Waals surface area (Å²) in [5, 5.41) is 0. The van der Waals surface area contributed by atoms with Gasteiger partial charge in [-0.05, 0) is 78.5 Å². The van der Waals surface area contributed by atoms with Gasteiger partial charge in [-0.25, -0.2) is 8.78 Å². The number of benzene rings is 1. The number of unbranched alkanes of at least 4 members (excludes halogenated alkanes) is 1. The van der Waals surface area contributed by atoms with Gasteiger partial charge in [0.05, 0.1) is 0 Å². The van der Waals surface area contributed by atoms with E-state index < -0.39 is 20.4 Å². The fourth-order valence-electron chi connectivity index (χ4n) is 2.70. The molecule has 0 saturated heterocycles. The molecule has 3 nitrogen and oxygen atoms in total. The largest absolute Gasteiger partial charge is 0.501 e. The molecule has 1 aromatic carbocycles. The van der Waals surface area contributed by atoms with Gasteiger partial charge >= 0.3 is 8.80 Å². The highest BCUT2D eigenvalue weighted by molar-refractivity contribution is 6.60. The third-order valence-electron chi connectivity index (χ3n) is 3.43. The van der Waals surface area contributed by atoms with Crippen LogP contribution >= 0.6 is 0 Å². The smallest absolute Gasteiger partial charge is 0.371 e. The molecule has 0 N–H and O–H groups in total. The van der Waals surface area contributed by atoms with Gasteiger partial charge in [0.1, 0.15) is 0 Å². The summed E-state index contributed by atoms with van der Waals surface area (Å²) in [6, 6.07) is 4.78. The Morgan fingerprint density at radius 1 is 0.800 bits per heavy atom. The summed E-state index contributed by atoms with van der Waals surface area (Å²) in [6.45, 7) is 11.9. The van der Waals surface area contributed by atoms with E-state index in [1.54, 1.807) is 6.07 Å². The molecule has 0 atom stereocenters. The lowest BCUT2D eigenvalue weighted by Crippen LogP contribution is -2.50. The summed E-state index contributed by atoms with van der Waals surface area (Å²) >= 11 is 0. The van der Waals surface area contributed by atoms with Gasteiger partial charge in [-0.2, -0.15) is 0 Å². The molecule has 0 aliphatic rings. The lowest BCUT2D eigenvalue weighted by atomic mass is 10.1. The monoisotopic (exact) mass is 374 g/mol. The van der Waals surface area contributed by atoms with Crippen LogP contribution in [0.25, 0.3) is 0 Å². The predicted octanol–water partition coefficient (Wildman–Crippen LogP) is 5.50. The summed E-state index contributed by atoms with van der Waals surface area (Å²) in [5.41, 5.74) is 0.797. The van der Waals surface area contributed by atoms with Crippen LogP contribution in [0.4, 0.5) is 8.78 Å². The summed E-state index contributed by atoms with van der Waals surface area (Å²) in [6.07, 6.45) is 2.44. The highest BCUT2D eigenvalue weighted by atomic mass is 28.4. The third-order valence-corrected chi connectivity index (χ3v) is 6.89. The van der Waals surface area contributed by atoms with E-state index in [4.69, 9.17) is 13.3 Å². The summed E-state index contributed by atoms with van der Waals surface area (Å²) < 4.78 is 44.7. The first kappa shape index (κ1) is 22.2. The minimum atomic E-state index is -2.78. The lowest BCUT2D eigenvalue weighted by molar-refractivity contribution is 0.00281. The van der Waals surface area contributed by atoms with Crippen molar-refractivity contribution in [2.75, 3.05) is 0 Å². The zero-order chi connectivity index (χ0) is 19.0. The molecule has 25 heavy (non-hydrogen) atoms. The van der Waals surface area contributed by atoms with Crippen molar-refractivity contribution in [1.29, 1.82) is 0 Å². The van der Waals surface area contributed by atoms with Crippen LogP contribution in [0, 0.1) is 11.6 Å². The molecule has 0 aliphatic heterocycles. The standard InChI is InChI=1S/C19H32F2O3Si/c1-14(2)22-25(23-15(3)4,24-16(5)6)12-8-7-9-17-10-11-18(20)19(21)13-17/h10-11,13-16H,7-9,12H2,1-6H3. The first-order valence-corrected chi connectivity index (χ1v) is 11.0. The Hall–Kier alpha value is -0.823. The Balaban J connectivity index is 2.67. The van der Waals surface area contributed by atoms with E-state index in [1.165, 1.54) is 12.1 Å². The summed E-state index contributed by atoms with van der Waals surface area (Å²) in [5.74, 6) is -1.60. The molecular formula is C19H32F2O3Si. The average molecular weight is 375 g/mol. The van der Waals surface area contributed by atoms with E-state index in [1.807, 2.05) is 41.5 Å². The van der Waals surface area contributed by atoms with E-state index in [-0.39, 0.29) is 18.3 Å². The van der Waals surface area contributed by atoms with Gasteiger partial charge in [0, 0.05) is 24.4 Å². The van der Waals surface area contributed by atoms with Crippen molar-refractivity contribution in [3.63, 3.8) is 0 Å². The van der Waals surface area contributed by atoms with Gasteiger partial charge in [-0.3, -0.25) is 0 Å². The molecule has 0 amide bonds. The summed E-state index contributed by atoms with van der Waals surface area (Å²) in [4.78, 5) is 0. The first-order valence-electron chi connectivity index (χ1n) is 9.11. The van der Waals surface area contributed by atoms with Crippen molar-refractivity contribution in [2.24, 2.45) is 0 Å². The molecule has 0 fully saturated rings. The minimum Gasteiger partial charge on any atom is -0.371 e. The maximum absolute atomic E-state index is 13.3. The molecule has 0 aliphatic carbocycles. The topological polar surface area (TPSA) is 27.7 Å². The van der Waals surface area contributed by atoms with Gasteiger partial charge in [0.2, 0.25) is 0 Å². The maximum Gasteiger partial charge on any atom is 0.501 e. The van der Waals surface area contributed by atoms with Crippen LogP contribution in [0.3, 0.4) is 0 Å². The van der Waals surface area contributed by atoms with E-state index in [0.717, 1.165) is 18.4 Å². The van der Waals surface area contributed by atoms with Gasteiger partial charge in [0.15, 0.2) is 11.6 Å². The number of hydrogen-bond donors (Lipinski definition) is 0. The second-order valence-corrected chi connectivity index (χ2v) is 9.71. The Labute approximate surface area is 152 Å². The lowest BCUT2D eigenvalue weighted by Gasteiger charge is -2.34. The number of halogens is 2. The Bertz CT molecular complexity index is 495. The normalized spacial score (nSPS) is 12.6. The molecule has 1 aromatic rings. The Morgan fingerprint density at radius 3 is 1.76 bits per heavy atom. The van der Waals surface area contributed by atoms with Crippen molar-refractivity contribution >= 4 is 8.80 Å². The molecule has 0 radical (unpaired) electrons. The van der Waals surface area contributed by atoms with Crippen molar-refractivity contribution in [1.82, 2.24) is 0 Å². The van der Waals surface area contributed by atoms with E-state index in [0.29, 0.717) is 12.5 Å². The van der Waals surface area contributed by atoms with Crippen LogP contribution in [-0.2, 0) is 19.7 Å². The van der Waals surface area contributed by atoms with Crippen LogP contribution in [0.1, 0.15) is 59.9 Å². The Morgan fingerprint density at radius 2 is 1.32 bits per heavy atom. The molecule has 0 unspecified atom stereocenters. The number of rotatable bonds is 11. The SMILES string of the molecule is CC(C)O[Si](CCCCc1ccc(F)c(F)c1)(OC(C)C)OC(C)C. The molecule has 144 valence electrons. The van der Waals surface area contributed by atoms with Crippen LogP contribution in [0.2, 0.25) is 6.04 Å².